The second-order valence-electron chi connectivity index (χ2n) is 7.37. The molecule has 11 nitrogen and oxygen atoms in total. The van der Waals surface area contributed by atoms with Crippen molar-refractivity contribution >= 4 is 17.7 Å². The van der Waals surface area contributed by atoms with Gasteiger partial charge in [-0.25, -0.2) is 9.79 Å². The minimum Gasteiger partial charge on any atom is -0.493 e. The van der Waals surface area contributed by atoms with E-state index in [9.17, 15) is 9.90 Å². The second kappa shape index (κ2) is 7.67. The van der Waals surface area contributed by atoms with Gasteiger partial charge >= 0.3 is 5.69 Å². The summed E-state index contributed by atoms with van der Waals surface area (Å²) >= 11 is 0. The smallest absolute Gasteiger partial charge is 0.326 e. The van der Waals surface area contributed by atoms with Crippen molar-refractivity contribution in [3.63, 3.8) is 0 Å². The van der Waals surface area contributed by atoms with Crippen LogP contribution < -0.4 is 21.4 Å². The van der Waals surface area contributed by atoms with E-state index in [1.165, 1.54) is 0 Å². The van der Waals surface area contributed by atoms with Crippen LogP contribution in [0.1, 0.15) is 31.0 Å². The molecule has 11 heteroatoms. The summed E-state index contributed by atoms with van der Waals surface area (Å²) in [7, 11) is 0. The molecule has 0 aromatic carbocycles. The second-order valence-corrected chi connectivity index (χ2v) is 7.37. The van der Waals surface area contributed by atoms with Crippen molar-refractivity contribution in [2.24, 2.45) is 4.99 Å². The highest BCUT2D eigenvalue weighted by molar-refractivity contribution is 5.57. The predicted molar refractivity (Wildman–Crippen MR) is 112 cm³/mol. The third-order valence-electron chi connectivity index (χ3n) is 5.03. The van der Waals surface area contributed by atoms with Crippen LogP contribution in [0.3, 0.4) is 0 Å². The molecule has 0 unspecified atom stereocenters. The summed E-state index contributed by atoms with van der Waals surface area (Å²) in [5.74, 6) is 0.294. The van der Waals surface area contributed by atoms with Crippen LogP contribution >= 0.6 is 0 Å². The van der Waals surface area contributed by atoms with Crippen LogP contribution in [0.4, 0.5) is 5.95 Å². The maximum atomic E-state index is 11.5. The molecule has 4 aromatic rings. The SMILES string of the molecule is CCN(Cc1ccncc1)c1nc(=NC2CC2)n2ncc(=Cc3[nH]c(=O)[nH]c3O)c2n1. The molecule has 3 N–H and O–H groups in total. The Bertz CT molecular complexity index is 1400. The van der Waals surface area contributed by atoms with E-state index in [-0.39, 0.29) is 17.6 Å². The van der Waals surface area contributed by atoms with Crippen LogP contribution in [0.2, 0.25) is 0 Å². The minimum atomic E-state index is -0.491. The van der Waals surface area contributed by atoms with E-state index in [0.717, 1.165) is 18.4 Å². The van der Waals surface area contributed by atoms with E-state index in [1.54, 1.807) is 29.2 Å². The van der Waals surface area contributed by atoms with Gasteiger partial charge in [-0.2, -0.15) is 19.6 Å². The Morgan fingerprint density at radius 2 is 2.10 bits per heavy atom. The lowest BCUT2D eigenvalue weighted by molar-refractivity contribution is 0.454. The molecule has 0 spiro atoms. The lowest BCUT2D eigenvalue weighted by Gasteiger charge is -2.20. The third-order valence-corrected chi connectivity index (χ3v) is 5.03. The number of aromatic hydroxyl groups is 1. The molecule has 0 atom stereocenters. The first kappa shape index (κ1) is 19.0. The number of nitrogens with one attached hydrogen (secondary N) is 2. The van der Waals surface area contributed by atoms with Crippen molar-refractivity contribution in [1.29, 1.82) is 0 Å². The van der Waals surface area contributed by atoms with E-state index >= 15 is 0 Å². The maximum absolute atomic E-state index is 11.5. The molecule has 0 saturated heterocycles. The predicted octanol–water partition coefficient (Wildman–Crippen LogP) is -0.121. The lowest BCUT2D eigenvalue weighted by atomic mass is 10.2. The molecule has 1 aliphatic rings. The van der Waals surface area contributed by atoms with Crippen LogP contribution in [0.25, 0.3) is 11.7 Å². The standard InChI is InChI=1S/C20H21N9O2/c1-2-28(11-12-5-7-21-8-6-12)18-25-16-13(9-15-17(30)26-20(31)24-15)10-22-29(16)19(27-18)23-14-3-4-14/h5-10,14,30H,2-4,11H2,1H3,(H2,24,26,31). The fourth-order valence-electron chi connectivity index (χ4n) is 3.24. The highest BCUT2D eigenvalue weighted by atomic mass is 16.3. The Morgan fingerprint density at radius 1 is 1.29 bits per heavy atom. The van der Waals surface area contributed by atoms with Crippen LogP contribution in [0.5, 0.6) is 5.88 Å². The minimum absolute atomic E-state index is 0.241. The summed E-state index contributed by atoms with van der Waals surface area (Å²) in [6, 6.07) is 4.17. The van der Waals surface area contributed by atoms with Crippen molar-refractivity contribution < 1.29 is 5.11 Å². The van der Waals surface area contributed by atoms with Gasteiger partial charge in [0.2, 0.25) is 11.8 Å². The fraction of sp³-hybridized carbons (Fsp3) is 0.300. The first-order valence-electron chi connectivity index (χ1n) is 10.1. The Balaban J connectivity index is 1.66. The number of imidazole rings is 1. The quantitative estimate of drug-likeness (QED) is 0.396. The zero-order chi connectivity index (χ0) is 21.4. The Labute approximate surface area is 175 Å². The van der Waals surface area contributed by atoms with Gasteiger partial charge in [0.15, 0.2) is 5.65 Å². The topological polar surface area (TPSA) is 140 Å². The van der Waals surface area contributed by atoms with Crippen LogP contribution in [-0.4, -0.2) is 52.2 Å². The molecular weight excluding hydrogens is 398 g/mol. The number of aromatic nitrogens is 7. The number of hydrogen-bond donors (Lipinski definition) is 3. The Morgan fingerprint density at radius 3 is 2.77 bits per heavy atom. The van der Waals surface area contributed by atoms with Crippen molar-refractivity contribution in [1.82, 2.24) is 34.5 Å². The van der Waals surface area contributed by atoms with E-state index in [0.29, 0.717) is 35.5 Å². The van der Waals surface area contributed by atoms with Crippen molar-refractivity contribution in [2.45, 2.75) is 32.4 Å². The number of hydrogen-bond acceptors (Lipinski definition) is 8. The van der Waals surface area contributed by atoms with Crippen molar-refractivity contribution in [3.8, 4) is 5.88 Å². The molecule has 0 aliphatic heterocycles. The van der Waals surface area contributed by atoms with Gasteiger partial charge in [-0.1, -0.05) is 0 Å². The molecule has 5 rings (SSSR count). The Hall–Kier alpha value is -4.02. The van der Waals surface area contributed by atoms with Gasteiger partial charge in [-0.15, -0.1) is 0 Å². The number of nitrogens with zero attached hydrogens (tertiary/aromatic N) is 7. The van der Waals surface area contributed by atoms with Gasteiger partial charge in [0.05, 0.1) is 12.2 Å². The number of aromatic amines is 2. The third kappa shape index (κ3) is 3.89. The molecular formula is C20H21N9O2. The van der Waals surface area contributed by atoms with Crippen molar-refractivity contribution in [3.05, 3.63) is 63.3 Å². The molecule has 4 heterocycles. The largest absolute Gasteiger partial charge is 0.493 e. The van der Waals surface area contributed by atoms with Gasteiger partial charge < -0.3 is 15.0 Å². The highest BCUT2D eigenvalue weighted by Crippen LogP contribution is 2.22. The van der Waals surface area contributed by atoms with Crippen molar-refractivity contribution in [2.75, 3.05) is 11.4 Å². The number of rotatable bonds is 6. The summed E-state index contributed by atoms with van der Waals surface area (Å²) < 4.78 is 1.59. The van der Waals surface area contributed by atoms with E-state index < -0.39 is 5.69 Å². The first-order valence-corrected chi connectivity index (χ1v) is 10.1. The fourth-order valence-corrected chi connectivity index (χ4v) is 3.24. The summed E-state index contributed by atoms with van der Waals surface area (Å²) in [5.41, 5.74) is 1.89. The zero-order valence-corrected chi connectivity index (χ0v) is 16.9. The van der Waals surface area contributed by atoms with Gasteiger partial charge in [-0.05, 0) is 43.5 Å². The molecule has 0 amide bonds. The molecule has 4 aromatic heterocycles. The summed E-state index contributed by atoms with van der Waals surface area (Å²) in [6.45, 7) is 3.36. The maximum Gasteiger partial charge on any atom is 0.326 e. The number of fused-ring (bicyclic) bond motifs is 1. The summed E-state index contributed by atoms with van der Waals surface area (Å²) in [4.78, 5) is 36.6. The normalized spacial score (nSPS) is 15.1. The van der Waals surface area contributed by atoms with E-state index in [4.69, 9.17) is 15.0 Å². The molecule has 158 valence electrons. The monoisotopic (exact) mass is 419 g/mol. The van der Waals surface area contributed by atoms with Crippen LogP contribution in [0.15, 0.2) is 40.5 Å². The van der Waals surface area contributed by atoms with Gasteiger partial charge in [0.1, 0.15) is 5.69 Å². The molecule has 31 heavy (non-hydrogen) atoms. The van der Waals surface area contributed by atoms with E-state index in [2.05, 4.69) is 20.1 Å². The Kier molecular flexibility index (Phi) is 4.69. The number of H-pyrrole nitrogens is 2. The molecule has 1 saturated carbocycles. The number of pyridine rings is 1. The summed E-state index contributed by atoms with van der Waals surface area (Å²) in [6.07, 6.45) is 8.82. The average molecular weight is 419 g/mol. The average Bonchev–Trinajstić information content (AvgIpc) is 3.41. The molecule has 0 bridgehead atoms. The van der Waals surface area contributed by atoms with Crippen LogP contribution in [0, 0.1) is 0 Å². The van der Waals surface area contributed by atoms with E-state index in [1.807, 2.05) is 24.0 Å². The van der Waals surface area contributed by atoms with Gasteiger partial charge in [0.25, 0.3) is 5.62 Å². The lowest BCUT2D eigenvalue weighted by Crippen LogP contribution is -2.31. The van der Waals surface area contributed by atoms with Crippen LogP contribution in [-0.2, 0) is 6.54 Å². The number of anilines is 1. The highest BCUT2D eigenvalue weighted by Gasteiger charge is 2.21. The van der Waals surface area contributed by atoms with Gasteiger partial charge in [0, 0.05) is 30.7 Å². The molecule has 0 radical (unpaired) electrons. The molecule has 1 fully saturated rings. The van der Waals surface area contributed by atoms with Gasteiger partial charge in [-0.3, -0.25) is 9.97 Å². The molecule has 1 aliphatic carbocycles. The summed E-state index contributed by atoms with van der Waals surface area (Å²) in [5, 5.41) is 14.9. The first-order chi connectivity index (χ1) is 15.1. The zero-order valence-electron chi connectivity index (χ0n) is 16.9.